The molecule has 2 aromatic carbocycles. The van der Waals surface area contributed by atoms with E-state index in [0.717, 1.165) is 52.9 Å². The highest BCUT2D eigenvalue weighted by Gasteiger charge is 2.28. The van der Waals surface area contributed by atoms with Gasteiger partial charge in [-0.05, 0) is 67.9 Å². The Balaban J connectivity index is 1.26. The largest absolute Gasteiger partial charge is 0.478 e. The fraction of sp³-hybridized carbons (Fsp3) is 0.361. The molecule has 0 saturated heterocycles. The van der Waals surface area contributed by atoms with Crippen LogP contribution >= 0.6 is 0 Å². The van der Waals surface area contributed by atoms with Crippen molar-refractivity contribution in [3.8, 4) is 17.1 Å². The second-order valence-electron chi connectivity index (χ2n) is 13.8. The average Bonchev–Trinajstić information content (AvgIpc) is 3.80. The van der Waals surface area contributed by atoms with Crippen LogP contribution in [-0.4, -0.2) is 47.9 Å². The van der Waals surface area contributed by atoms with Gasteiger partial charge in [0.1, 0.15) is 17.9 Å². The number of aryl methyl sites for hydroxylation is 2. The van der Waals surface area contributed by atoms with E-state index >= 15 is 0 Å². The van der Waals surface area contributed by atoms with Gasteiger partial charge in [-0.25, -0.2) is 28.7 Å². The van der Waals surface area contributed by atoms with E-state index in [9.17, 15) is 14.1 Å². The standard InChI is InChI=1S/C36H41N7O5S/c1-21-8-6-9-22(2)32(21)28-16-31(42-35(41-28)43-49(37,46)27-11-7-10-24(14-27)34(44)45)47-20-25(17-36(3,4)5)38-18-26-19-39-33-29(40-26)15-30(48-33)23-12-13-23/h6-11,14-16,19,23,25,38H,12-13,17-18,20H2,1-5H3,(H,44,45)(H2,37,41,42,43,46)/t25-,49?/m1/s1. The van der Waals surface area contributed by atoms with Gasteiger partial charge in [-0.1, -0.05) is 45.0 Å². The quantitative estimate of drug-likeness (QED) is 0.0986. The van der Waals surface area contributed by atoms with Gasteiger partial charge in [0.05, 0.1) is 28.0 Å². The maximum absolute atomic E-state index is 13.6. The number of fused-ring (bicyclic) bond motifs is 1. The molecule has 4 N–H and O–H groups in total. The van der Waals surface area contributed by atoms with Gasteiger partial charge in [-0.15, -0.1) is 0 Å². The van der Waals surface area contributed by atoms with Crippen molar-refractivity contribution in [3.05, 3.63) is 88.9 Å². The van der Waals surface area contributed by atoms with E-state index in [-0.39, 0.29) is 40.4 Å². The Bertz CT molecular complexity index is 2100. The Kier molecular flexibility index (Phi) is 9.41. The molecule has 2 atom stereocenters. The summed E-state index contributed by atoms with van der Waals surface area (Å²) in [4.78, 5) is 29.9. The predicted molar refractivity (Wildman–Crippen MR) is 187 cm³/mol. The van der Waals surface area contributed by atoms with Crippen molar-refractivity contribution in [2.24, 2.45) is 5.41 Å². The number of ether oxygens (including phenoxy) is 1. The molecule has 1 fully saturated rings. The molecule has 0 spiro atoms. The number of carboxylic acids is 1. The molecular formula is C36H41N7O5S. The molecule has 0 aliphatic heterocycles. The third-order valence-electron chi connectivity index (χ3n) is 8.24. The summed E-state index contributed by atoms with van der Waals surface area (Å²) in [5.41, 5.74) is 5.35. The molecule has 1 unspecified atom stereocenters. The predicted octanol–water partition coefficient (Wildman–Crippen LogP) is 7.28. The molecular weight excluding hydrogens is 643 g/mol. The lowest BCUT2D eigenvalue weighted by Gasteiger charge is -2.27. The lowest BCUT2D eigenvalue weighted by molar-refractivity contribution is 0.0696. The molecule has 12 nitrogen and oxygen atoms in total. The Labute approximate surface area is 285 Å². The summed E-state index contributed by atoms with van der Waals surface area (Å²) in [7, 11) is -3.74. The fourth-order valence-electron chi connectivity index (χ4n) is 5.78. The number of nitrogens with zero attached hydrogens (tertiary/aromatic N) is 4. The van der Waals surface area contributed by atoms with Crippen molar-refractivity contribution in [2.45, 2.75) is 77.3 Å². The van der Waals surface area contributed by atoms with E-state index in [1.807, 2.05) is 38.1 Å². The number of aromatic nitrogens is 4. The number of nitrogens with one attached hydrogen (secondary N) is 3. The van der Waals surface area contributed by atoms with E-state index in [1.54, 1.807) is 12.3 Å². The van der Waals surface area contributed by atoms with Crippen LogP contribution < -0.4 is 14.8 Å². The first-order valence-corrected chi connectivity index (χ1v) is 17.8. The third kappa shape index (κ3) is 8.41. The van der Waals surface area contributed by atoms with Crippen LogP contribution in [0.4, 0.5) is 5.95 Å². The van der Waals surface area contributed by atoms with Crippen LogP contribution in [0.15, 0.2) is 70.1 Å². The molecule has 6 rings (SSSR count). The molecule has 3 aromatic heterocycles. The topological polar surface area (TPSA) is 176 Å². The summed E-state index contributed by atoms with van der Waals surface area (Å²) in [6, 6.07) is 15.0. The molecule has 13 heteroatoms. The van der Waals surface area contributed by atoms with Crippen LogP contribution in [0.2, 0.25) is 0 Å². The van der Waals surface area contributed by atoms with Crippen molar-refractivity contribution in [1.29, 1.82) is 4.78 Å². The molecule has 1 saturated carbocycles. The van der Waals surface area contributed by atoms with Crippen LogP contribution in [0.5, 0.6) is 5.88 Å². The number of hydrogen-bond acceptors (Lipinski definition) is 10. The van der Waals surface area contributed by atoms with Crippen LogP contribution in [0.25, 0.3) is 22.5 Å². The Hall–Kier alpha value is -4.88. The smallest absolute Gasteiger partial charge is 0.335 e. The minimum Gasteiger partial charge on any atom is -0.478 e. The molecule has 1 aliphatic carbocycles. The number of carboxylic acid groups (broad SMARTS) is 1. The van der Waals surface area contributed by atoms with E-state index in [0.29, 0.717) is 23.9 Å². The van der Waals surface area contributed by atoms with E-state index in [2.05, 4.69) is 45.8 Å². The lowest BCUT2D eigenvalue weighted by Crippen LogP contribution is -2.37. The Morgan fingerprint density at radius 3 is 2.51 bits per heavy atom. The number of furan rings is 1. The first kappa shape index (κ1) is 34.0. The zero-order valence-corrected chi connectivity index (χ0v) is 29.1. The SMILES string of the molecule is Cc1cccc(C)c1-c1cc(OC[C@@H](CC(C)(C)C)NCc2cnc3oc(C4CC4)cc3n2)nc(NS(=N)(=O)c2cccc(C(=O)O)c2)n1. The number of anilines is 1. The second-order valence-corrected chi connectivity index (χ2v) is 15.6. The molecule has 256 valence electrons. The molecule has 0 bridgehead atoms. The van der Waals surface area contributed by atoms with Gasteiger partial charge >= 0.3 is 5.97 Å². The summed E-state index contributed by atoms with van der Waals surface area (Å²) in [6.45, 7) is 11.2. The van der Waals surface area contributed by atoms with Crippen LogP contribution in [0, 0.1) is 24.0 Å². The molecule has 0 amide bonds. The molecule has 49 heavy (non-hydrogen) atoms. The van der Waals surface area contributed by atoms with Gasteiger partial charge in [-0.2, -0.15) is 4.98 Å². The van der Waals surface area contributed by atoms with Crippen molar-refractivity contribution < 1.29 is 23.3 Å². The first-order chi connectivity index (χ1) is 23.2. The monoisotopic (exact) mass is 683 g/mol. The van der Waals surface area contributed by atoms with Gasteiger partial charge < -0.3 is 19.6 Å². The van der Waals surface area contributed by atoms with Crippen LogP contribution in [-0.2, 0) is 16.5 Å². The highest BCUT2D eigenvalue weighted by atomic mass is 32.2. The Morgan fingerprint density at radius 1 is 1.08 bits per heavy atom. The van der Waals surface area contributed by atoms with Crippen molar-refractivity contribution in [2.75, 3.05) is 11.3 Å². The minimum absolute atomic E-state index is 0.00847. The summed E-state index contributed by atoms with van der Waals surface area (Å²) in [5, 5.41) is 13.0. The highest BCUT2D eigenvalue weighted by molar-refractivity contribution is 7.93. The summed E-state index contributed by atoms with van der Waals surface area (Å²) in [5.74, 6) is 0.404. The van der Waals surface area contributed by atoms with Crippen molar-refractivity contribution >= 4 is 33.1 Å². The highest BCUT2D eigenvalue weighted by Crippen LogP contribution is 2.41. The van der Waals surface area contributed by atoms with E-state index in [4.69, 9.17) is 18.9 Å². The average molecular weight is 684 g/mol. The maximum Gasteiger partial charge on any atom is 0.335 e. The number of hydrogen-bond donors (Lipinski definition) is 4. The second kappa shape index (κ2) is 13.6. The third-order valence-corrected chi connectivity index (χ3v) is 9.63. The maximum atomic E-state index is 13.6. The van der Waals surface area contributed by atoms with Crippen LogP contribution in [0.3, 0.4) is 0 Å². The van der Waals surface area contributed by atoms with Crippen molar-refractivity contribution in [3.63, 3.8) is 0 Å². The number of rotatable bonds is 13. The summed E-state index contributed by atoms with van der Waals surface area (Å²) < 4.78 is 37.1. The van der Waals surface area contributed by atoms with Gasteiger partial charge in [0.25, 0.3) is 0 Å². The summed E-state index contributed by atoms with van der Waals surface area (Å²) in [6.07, 6.45) is 4.79. The number of carbonyl (C=O) groups is 1. The summed E-state index contributed by atoms with van der Waals surface area (Å²) >= 11 is 0. The zero-order chi connectivity index (χ0) is 34.9. The fourth-order valence-corrected chi connectivity index (χ4v) is 6.81. The van der Waals surface area contributed by atoms with Gasteiger partial charge in [-0.3, -0.25) is 4.72 Å². The number of benzene rings is 2. The van der Waals surface area contributed by atoms with Crippen molar-refractivity contribution in [1.82, 2.24) is 25.3 Å². The van der Waals surface area contributed by atoms with E-state index < -0.39 is 15.9 Å². The molecule has 5 aromatic rings. The normalized spacial score (nSPS) is 15.1. The zero-order valence-electron chi connectivity index (χ0n) is 28.2. The number of aromatic carboxylic acids is 1. The van der Waals surface area contributed by atoms with Gasteiger partial charge in [0.2, 0.25) is 17.5 Å². The molecule has 3 heterocycles. The van der Waals surface area contributed by atoms with E-state index in [1.165, 1.54) is 24.3 Å². The van der Waals surface area contributed by atoms with Gasteiger partial charge in [0.15, 0.2) is 9.92 Å². The Morgan fingerprint density at radius 2 is 1.82 bits per heavy atom. The van der Waals surface area contributed by atoms with Gasteiger partial charge in [0, 0.05) is 36.2 Å². The lowest BCUT2D eigenvalue weighted by atomic mass is 9.88. The first-order valence-electron chi connectivity index (χ1n) is 16.2. The molecule has 0 radical (unpaired) electrons. The molecule has 1 aliphatic rings. The van der Waals surface area contributed by atoms with Crippen LogP contribution in [0.1, 0.15) is 78.9 Å². The minimum atomic E-state index is -3.74.